The summed E-state index contributed by atoms with van der Waals surface area (Å²) < 4.78 is 12.8. The van der Waals surface area contributed by atoms with Gasteiger partial charge in [-0.25, -0.2) is 4.98 Å². The van der Waals surface area contributed by atoms with Crippen LogP contribution in [0.3, 0.4) is 0 Å². The fraction of sp³-hybridized carbons (Fsp3) is 0.389. The molecule has 4 rings (SSSR count). The maximum absolute atomic E-state index is 5.46. The van der Waals surface area contributed by atoms with Gasteiger partial charge >= 0.3 is 0 Å². The van der Waals surface area contributed by atoms with Gasteiger partial charge in [0.25, 0.3) is 0 Å². The standard InChI is InChI=1S/C18H21N5O2/c1-14(23-6-5-19-13-23)18-20-17(21-25-18)16-4-2-3-15(11-16)12-22-7-9-24-10-8-22/h2-6,11,13-14H,7-10,12H2,1H3. The second-order valence-electron chi connectivity index (χ2n) is 6.23. The summed E-state index contributed by atoms with van der Waals surface area (Å²) >= 11 is 0. The molecule has 1 aliphatic rings. The number of morpholine rings is 1. The van der Waals surface area contributed by atoms with Crippen LogP contribution in [0.5, 0.6) is 0 Å². The van der Waals surface area contributed by atoms with Crippen molar-refractivity contribution in [1.29, 1.82) is 0 Å². The molecule has 1 aromatic carbocycles. The number of rotatable bonds is 5. The van der Waals surface area contributed by atoms with Gasteiger partial charge in [-0.2, -0.15) is 4.98 Å². The molecule has 1 saturated heterocycles. The molecule has 7 nitrogen and oxygen atoms in total. The first kappa shape index (κ1) is 16.0. The molecule has 0 amide bonds. The zero-order valence-corrected chi connectivity index (χ0v) is 14.2. The third kappa shape index (κ3) is 3.62. The average molecular weight is 339 g/mol. The van der Waals surface area contributed by atoms with Crippen molar-refractivity contribution >= 4 is 0 Å². The zero-order chi connectivity index (χ0) is 17.1. The fourth-order valence-corrected chi connectivity index (χ4v) is 2.97. The Morgan fingerprint density at radius 3 is 2.92 bits per heavy atom. The lowest BCUT2D eigenvalue weighted by molar-refractivity contribution is 0.0342. The van der Waals surface area contributed by atoms with Gasteiger partial charge in [-0.05, 0) is 18.6 Å². The Bertz CT molecular complexity index is 809. The number of benzene rings is 1. The summed E-state index contributed by atoms with van der Waals surface area (Å²) in [6.07, 6.45) is 5.37. The van der Waals surface area contributed by atoms with Gasteiger partial charge in [-0.3, -0.25) is 4.90 Å². The van der Waals surface area contributed by atoms with Crippen LogP contribution in [-0.2, 0) is 11.3 Å². The summed E-state index contributed by atoms with van der Waals surface area (Å²) in [4.78, 5) is 11.0. The van der Waals surface area contributed by atoms with Crippen LogP contribution < -0.4 is 0 Å². The summed E-state index contributed by atoms with van der Waals surface area (Å²) in [7, 11) is 0. The van der Waals surface area contributed by atoms with Crippen molar-refractivity contribution in [3.8, 4) is 11.4 Å². The number of ether oxygens (including phenoxy) is 1. The molecule has 0 saturated carbocycles. The minimum Gasteiger partial charge on any atom is -0.379 e. The molecular weight excluding hydrogens is 318 g/mol. The van der Waals surface area contributed by atoms with Crippen LogP contribution in [0, 0.1) is 0 Å². The number of hydrogen-bond donors (Lipinski definition) is 0. The van der Waals surface area contributed by atoms with Gasteiger partial charge in [0, 0.05) is 37.6 Å². The van der Waals surface area contributed by atoms with Crippen LogP contribution in [0.15, 0.2) is 47.5 Å². The summed E-state index contributed by atoms with van der Waals surface area (Å²) in [6.45, 7) is 6.47. The van der Waals surface area contributed by atoms with E-state index in [0.29, 0.717) is 11.7 Å². The van der Waals surface area contributed by atoms with E-state index in [2.05, 4.69) is 32.2 Å². The van der Waals surface area contributed by atoms with Crippen LogP contribution in [0.25, 0.3) is 11.4 Å². The van der Waals surface area contributed by atoms with Crippen molar-refractivity contribution in [2.45, 2.75) is 19.5 Å². The molecule has 3 aromatic rings. The predicted octanol–water partition coefficient (Wildman–Crippen LogP) is 2.37. The molecule has 7 heteroatoms. The van der Waals surface area contributed by atoms with Crippen LogP contribution >= 0.6 is 0 Å². The minimum absolute atomic E-state index is 0.0414. The van der Waals surface area contributed by atoms with E-state index < -0.39 is 0 Å². The first-order chi connectivity index (χ1) is 12.3. The minimum atomic E-state index is -0.0414. The van der Waals surface area contributed by atoms with Crippen molar-refractivity contribution in [3.63, 3.8) is 0 Å². The monoisotopic (exact) mass is 339 g/mol. The van der Waals surface area contributed by atoms with Gasteiger partial charge in [0.1, 0.15) is 6.04 Å². The number of aromatic nitrogens is 4. The quantitative estimate of drug-likeness (QED) is 0.711. The Labute approximate surface area is 146 Å². The molecule has 3 heterocycles. The molecule has 1 atom stereocenters. The summed E-state index contributed by atoms with van der Waals surface area (Å²) in [5, 5.41) is 4.15. The smallest absolute Gasteiger partial charge is 0.249 e. The molecule has 2 aromatic heterocycles. The molecule has 0 aliphatic carbocycles. The van der Waals surface area contributed by atoms with Crippen molar-refractivity contribution in [2.75, 3.05) is 26.3 Å². The SMILES string of the molecule is CC(c1nc(-c2cccc(CN3CCOCC3)c2)no1)n1ccnc1. The van der Waals surface area contributed by atoms with E-state index in [1.807, 2.05) is 29.8 Å². The molecule has 0 bridgehead atoms. The number of imidazole rings is 1. The van der Waals surface area contributed by atoms with Gasteiger partial charge in [-0.1, -0.05) is 23.4 Å². The normalized spacial score (nSPS) is 16.8. The van der Waals surface area contributed by atoms with Crippen molar-refractivity contribution in [2.24, 2.45) is 0 Å². The first-order valence-corrected chi connectivity index (χ1v) is 8.50. The summed E-state index contributed by atoms with van der Waals surface area (Å²) in [6, 6.07) is 8.28. The van der Waals surface area contributed by atoms with Crippen LogP contribution in [-0.4, -0.2) is 50.9 Å². The fourth-order valence-electron chi connectivity index (χ4n) is 2.97. The Kier molecular flexibility index (Phi) is 4.58. The third-order valence-electron chi connectivity index (χ3n) is 4.47. The van der Waals surface area contributed by atoms with Crippen LogP contribution in [0.2, 0.25) is 0 Å². The molecule has 25 heavy (non-hydrogen) atoms. The highest BCUT2D eigenvalue weighted by Gasteiger charge is 2.17. The highest BCUT2D eigenvalue weighted by atomic mass is 16.5. The Morgan fingerprint density at radius 2 is 2.12 bits per heavy atom. The Hall–Kier alpha value is -2.51. The predicted molar refractivity (Wildman–Crippen MR) is 91.9 cm³/mol. The molecule has 0 spiro atoms. The molecule has 1 fully saturated rings. The zero-order valence-electron chi connectivity index (χ0n) is 14.2. The largest absolute Gasteiger partial charge is 0.379 e. The second-order valence-corrected chi connectivity index (χ2v) is 6.23. The number of hydrogen-bond acceptors (Lipinski definition) is 6. The first-order valence-electron chi connectivity index (χ1n) is 8.50. The highest BCUT2D eigenvalue weighted by molar-refractivity contribution is 5.55. The van der Waals surface area contributed by atoms with E-state index in [1.165, 1.54) is 5.56 Å². The van der Waals surface area contributed by atoms with E-state index >= 15 is 0 Å². The Morgan fingerprint density at radius 1 is 1.24 bits per heavy atom. The molecule has 0 N–H and O–H groups in total. The number of nitrogens with zero attached hydrogens (tertiary/aromatic N) is 5. The summed E-state index contributed by atoms with van der Waals surface area (Å²) in [5.41, 5.74) is 2.21. The molecular formula is C18H21N5O2. The Balaban J connectivity index is 1.51. The van der Waals surface area contributed by atoms with Gasteiger partial charge in [-0.15, -0.1) is 0 Å². The average Bonchev–Trinajstić information content (AvgIpc) is 3.34. The van der Waals surface area contributed by atoms with Crippen LogP contribution in [0.1, 0.15) is 24.4 Å². The van der Waals surface area contributed by atoms with Gasteiger partial charge in [0.15, 0.2) is 0 Å². The molecule has 0 radical (unpaired) electrons. The maximum Gasteiger partial charge on any atom is 0.249 e. The van der Waals surface area contributed by atoms with Crippen molar-refractivity contribution < 1.29 is 9.26 Å². The lowest BCUT2D eigenvalue weighted by atomic mass is 10.1. The van der Waals surface area contributed by atoms with Gasteiger partial charge in [0.05, 0.1) is 19.5 Å². The highest BCUT2D eigenvalue weighted by Crippen LogP contribution is 2.22. The second kappa shape index (κ2) is 7.16. The lowest BCUT2D eigenvalue weighted by Crippen LogP contribution is -2.35. The van der Waals surface area contributed by atoms with Crippen LogP contribution in [0.4, 0.5) is 0 Å². The van der Waals surface area contributed by atoms with E-state index in [9.17, 15) is 0 Å². The lowest BCUT2D eigenvalue weighted by Gasteiger charge is -2.26. The van der Waals surface area contributed by atoms with E-state index in [0.717, 1.165) is 38.4 Å². The summed E-state index contributed by atoms with van der Waals surface area (Å²) in [5.74, 6) is 1.19. The van der Waals surface area contributed by atoms with Gasteiger partial charge < -0.3 is 13.8 Å². The van der Waals surface area contributed by atoms with E-state index in [-0.39, 0.29) is 6.04 Å². The van der Waals surface area contributed by atoms with E-state index in [4.69, 9.17) is 9.26 Å². The topological polar surface area (TPSA) is 69.2 Å². The molecule has 1 unspecified atom stereocenters. The van der Waals surface area contributed by atoms with E-state index in [1.54, 1.807) is 12.5 Å². The molecule has 1 aliphatic heterocycles. The van der Waals surface area contributed by atoms with Gasteiger partial charge in [0.2, 0.25) is 11.7 Å². The van der Waals surface area contributed by atoms with Crippen molar-refractivity contribution in [1.82, 2.24) is 24.6 Å². The van der Waals surface area contributed by atoms with Crippen molar-refractivity contribution in [3.05, 3.63) is 54.4 Å². The molecule has 130 valence electrons. The maximum atomic E-state index is 5.46. The third-order valence-corrected chi connectivity index (χ3v) is 4.47.